The van der Waals surface area contributed by atoms with Gasteiger partial charge in [-0.1, -0.05) is 0 Å². The van der Waals surface area contributed by atoms with Crippen LogP contribution in [0.15, 0.2) is 26.7 Å². The molecule has 2 rings (SSSR count). The third kappa shape index (κ3) is 3.33. The van der Waals surface area contributed by atoms with Crippen LogP contribution in [0.5, 0.6) is 0 Å². The van der Waals surface area contributed by atoms with Gasteiger partial charge in [0.25, 0.3) is 0 Å². The van der Waals surface area contributed by atoms with Gasteiger partial charge in [0.15, 0.2) is 0 Å². The second-order valence-corrected chi connectivity index (χ2v) is 7.30. The molecular weight excluding hydrogens is 366 g/mol. The number of hydrogen-bond donors (Lipinski definition) is 1. The van der Waals surface area contributed by atoms with E-state index >= 15 is 0 Å². The third-order valence-electron chi connectivity index (χ3n) is 2.29. The third-order valence-corrected chi connectivity index (χ3v) is 5.55. The smallest absolute Gasteiger partial charge is 0.0843 e. The van der Waals surface area contributed by atoms with Crippen LogP contribution in [0.4, 0.5) is 5.69 Å². The average molecular weight is 379 g/mol. The minimum absolute atomic E-state index is 0.399. The van der Waals surface area contributed by atoms with Gasteiger partial charge in [0.05, 0.1) is 15.7 Å². The van der Waals surface area contributed by atoms with Gasteiger partial charge in [-0.2, -0.15) is 5.10 Å². The van der Waals surface area contributed by atoms with Crippen molar-refractivity contribution in [2.75, 3.05) is 5.32 Å². The molecule has 0 spiro atoms. The second-order valence-electron chi connectivity index (χ2n) is 3.99. The van der Waals surface area contributed by atoms with E-state index in [1.165, 1.54) is 4.88 Å². The van der Waals surface area contributed by atoms with Gasteiger partial charge in [-0.25, -0.2) is 0 Å². The van der Waals surface area contributed by atoms with Crippen LogP contribution in [0.25, 0.3) is 0 Å². The monoisotopic (exact) mass is 377 g/mol. The number of halogens is 2. The predicted octanol–water partition coefficient (Wildman–Crippen LogP) is 4.66. The Morgan fingerprint density at radius 1 is 1.47 bits per heavy atom. The van der Waals surface area contributed by atoms with Crippen molar-refractivity contribution in [3.63, 3.8) is 0 Å². The summed E-state index contributed by atoms with van der Waals surface area (Å²) in [6.45, 7) is 5.05. The maximum Gasteiger partial charge on any atom is 0.0843 e. The maximum absolute atomic E-state index is 4.29. The summed E-state index contributed by atoms with van der Waals surface area (Å²) in [4.78, 5) is 1.28. The predicted molar refractivity (Wildman–Crippen MR) is 79.7 cm³/mol. The van der Waals surface area contributed by atoms with E-state index in [0.717, 1.165) is 20.5 Å². The normalized spacial score (nSPS) is 11.1. The first-order valence-electron chi connectivity index (χ1n) is 5.28. The quantitative estimate of drug-likeness (QED) is 0.838. The van der Waals surface area contributed by atoms with Gasteiger partial charge in [0, 0.05) is 28.1 Å². The van der Waals surface area contributed by atoms with Crippen LogP contribution >= 0.6 is 43.2 Å². The number of aromatic nitrogens is 2. The minimum Gasteiger partial charge on any atom is -0.378 e. The summed E-state index contributed by atoms with van der Waals surface area (Å²) >= 11 is 8.70. The molecule has 2 heterocycles. The molecular formula is C11H13Br2N3S. The highest BCUT2D eigenvalue weighted by molar-refractivity contribution is 9.13. The van der Waals surface area contributed by atoms with Crippen molar-refractivity contribution in [2.24, 2.45) is 0 Å². The molecule has 0 fully saturated rings. The Kier molecular flexibility index (Phi) is 4.27. The largest absolute Gasteiger partial charge is 0.378 e. The topological polar surface area (TPSA) is 29.9 Å². The molecule has 6 heteroatoms. The fourth-order valence-electron chi connectivity index (χ4n) is 1.38. The zero-order chi connectivity index (χ0) is 12.4. The Bertz CT molecular complexity index is 485. The average Bonchev–Trinajstić information content (AvgIpc) is 2.84. The van der Waals surface area contributed by atoms with E-state index in [1.54, 1.807) is 11.3 Å². The van der Waals surface area contributed by atoms with Crippen LogP contribution in [-0.2, 0) is 6.54 Å². The lowest BCUT2D eigenvalue weighted by atomic mass is 10.4. The van der Waals surface area contributed by atoms with Crippen molar-refractivity contribution in [3.8, 4) is 0 Å². The SMILES string of the molecule is CC(C)n1cc(NCc2cc(Br)c(Br)s2)cn1. The Labute approximate surface area is 121 Å². The number of hydrogen-bond acceptors (Lipinski definition) is 3. The van der Waals surface area contributed by atoms with Crippen LogP contribution < -0.4 is 5.32 Å². The molecule has 2 aromatic rings. The number of thiophene rings is 1. The Morgan fingerprint density at radius 3 is 2.76 bits per heavy atom. The molecule has 0 saturated heterocycles. The van der Waals surface area contributed by atoms with E-state index < -0.39 is 0 Å². The first-order valence-corrected chi connectivity index (χ1v) is 7.68. The summed E-state index contributed by atoms with van der Waals surface area (Å²) in [5.74, 6) is 0. The molecule has 2 aromatic heterocycles. The molecule has 0 aliphatic rings. The summed E-state index contributed by atoms with van der Waals surface area (Å²) in [6, 6.07) is 2.52. The molecule has 92 valence electrons. The molecule has 0 amide bonds. The van der Waals surface area contributed by atoms with Gasteiger partial charge in [-0.3, -0.25) is 4.68 Å². The van der Waals surface area contributed by atoms with Crippen molar-refractivity contribution in [2.45, 2.75) is 26.4 Å². The molecule has 0 aromatic carbocycles. The molecule has 0 atom stereocenters. The maximum atomic E-state index is 4.29. The molecule has 0 unspecified atom stereocenters. The Morgan fingerprint density at radius 2 is 2.24 bits per heavy atom. The zero-order valence-corrected chi connectivity index (χ0v) is 13.6. The molecule has 0 bridgehead atoms. The van der Waals surface area contributed by atoms with E-state index in [9.17, 15) is 0 Å². The van der Waals surface area contributed by atoms with Crippen molar-refractivity contribution >= 4 is 48.9 Å². The standard InChI is InChI=1S/C11H13Br2N3S/c1-7(2)16-6-8(4-15-16)14-5-9-3-10(12)11(13)17-9/h3-4,6-7,14H,5H2,1-2H3. The first-order chi connectivity index (χ1) is 8.06. The Hall–Kier alpha value is -0.330. The number of nitrogens with zero attached hydrogens (tertiary/aromatic N) is 2. The fraction of sp³-hybridized carbons (Fsp3) is 0.364. The van der Waals surface area contributed by atoms with Crippen LogP contribution in [0.3, 0.4) is 0 Å². The van der Waals surface area contributed by atoms with Crippen molar-refractivity contribution in [1.29, 1.82) is 0 Å². The molecule has 3 nitrogen and oxygen atoms in total. The number of anilines is 1. The molecule has 0 aliphatic carbocycles. The number of nitrogens with one attached hydrogen (secondary N) is 1. The van der Waals surface area contributed by atoms with E-state index in [0.29, 0.717) is 6.04 Å². The van der Waals surface area contributed by atoms with Gasteiger partial charge in [0.2, 0.25) is 0 Å². The van der Waals surface area contributed by atoms with Crippen molar-refractivity contribution < 1.29 is 0 Å². The summed E-state index contributed by atoms with van der Waals surface area (Å²) in [6.07, 6.45) is 3.89. The molecule has 17 heavy (non-hydrogen) atoms. The number of rotatable bonds is 4. The lowest BCUT2D eigenvalue weighted by Gasteiger charge is -2.03. The summed E-state index contributed by atoms with van der Waals surface area (Å²) < 4.78 is 4.19. The highest BCUT2D eigenvalue weighted by Crippen LogP contribution is 2.32. The zero-order valence-electron chi connectivity index (χ0n) is 9.58. The van der Waals surface area contributed by atoms with Gasteiger partial charge in [0.1, 0.15) is 0 Å². The first kappa shape index (κ1) is 13.1. The van der Waals surface area contributed by atoms with Gasteiger partial charge in [-0.05, 0) is 51.8 Å². The van der Waals surface area contributed by atoms with Crippen molar-refractivity contribution in [3.05, 3.63) is 31.6 Å². The van der Waals surface area contributed by atoms with Crippen LogP contribution in [0.2, 0.25) is 0 Å². The second kappa shape index (κ2) is 5.54. The van der Waals surface area contributed by atoms with E-state index in [1.807, 2.05) is 17.1 Å². The van der Waals surface area contributed by atoms with Gasteiger partial charge in [-0.15, -0.1) is 11.3 Å². The molecule has 0 radical (unpaired) electrons. The highest BCUT2D eigenvalue weighted by atomic mass is 79.9. The van der Waals surface area contributed by atoms with E-state index in [-0.39, 0.29) is 0 Å². The fourth-order valence-corrected chi connectivity index (χ4v) is 3.50. The summed E-state index contributed by atoms with van der Waals surface area (Å²) in [5.41, 5.74) is 1.05. The summed E-state index contributed by atoms with van der Waals surface area (Å²) in [5, 5.41) is 7.65. The van der Waals surface area contributed by atoms with Gasteiger partial charge < -0.3 is 5.32 Å². The molecule has 1 N–H and O–H groups in total. The minimum atomic E-state index is 0.399. The van der Waals surface area contributed by atoms with Crippen LogP contribution in [-0.4, -0.2) is 9.78 Å². The van der Waals surface area contributed by atoms with E-state index in [4.69, 9.17) is 0 Å². The summed E-state index contributed by atoms with van der Waals surface area (Å²) in [7, 11) is 0. The molecule has 0 saturated carbocycles. The highest BCUT2D eigenvalue weighted by Gasteiger charge is 2.05. The van der Waals surface area contributed by atoms with Crippen molar-refractivity contribution in [1.82, 2.24) is 9.78 Å². The Balaban J connectivity index is 1.97. The van der Waals surface area contributed by atoms with E-state index in [2.05, 4.69) is 62.2 Å². The van der Waals surface area contributed by atoms with Crippen LogP contribution in [0.1, 0.15) is 24.8 Å². The lowest BCUT2D eigenvalue weighted by molar-refractivity contribution is 0.532. The lowest BCUT2D eigenvalue weighted by Crippen LogP contribution is -2.00. The van der Waals surface area contributed by atoms with Crippen LogP contribution in [0, 0.1) is 0 Å². The van der Waals surface area contributed by atoms with Gasteiger partial charge >= 0.3 is 0 Å². The molecule has 0 aliphatic heterocycles.